The first kappa shape index (κ1) is 16.8. The lowest BCUT2D eigenvalue weighted by Crippen LogP contribution is -2.34. The number of hydrogen-bond donors (Lipinski definition) is 1. The summed E-state index contributed by atoms with van der Waals surface area (Å²) in [7, 11) is 0. The summed E-state index contributed by atoms with van der Waals surface area (Å²) in [5, 5.41) is 8.69. The number of benzene rings is 1. The number of nitrogens with zero attached hydrogens (tertiary/aromatic N) is 1. The Morgan fingerprint density at radius 1 is 1.17 bits per heavy atom. The van der Waals surface area contributed by atoms with Crippen molar-refractivity contribution in [2.45, 2.75) is 32.1 Å². The lowest BCUT2D eigenvalue weighted by Gasteiger charge is -2.25. The number of carboxylic acid groups (broad SMARTS) is 1. The van der Waals surface area contributed by atoms with Crippen LogP contribution in [-0.4, -0.2) is 33.7 Å². The molecule has 0 unspecified atom stereocenters. The van der Waals surface area contributed by atoms with Crippen LogP contribution in [0.5, 0.6) is 0 Å². The second-order valence-electron chi connectivity index (χ2n) is 6.22. The zero-order chi connectivity index (χ0) is 17.1. The maximum atomic E-state index is 12.5. The third-order valence-electron chi connectivity index (χ3n) is 4.49. The summed E-state index contributed by atoms with van der Waals surface area (Å²) in [6.07, 6.45) is 7.40. The molecule has 1 heterocycles. The highest BCUT2D eigenvalue weighted by atomic mass is 32.2. The molecule has 0 atom stereocenters. The van der Waals surface area contributed by atoms with Crippen molar-refractivity contribution >= 4 is 35.0 Å². The van der Waals surface area contributed by atoms with E-state index >= 15 is 0 Å². The highest BCUT2D eigenvalue weighted by molar-refractivity contribution is 8.18. The first-order chi connectivity index (χ1) is 11.5. The highest BCUT2D eigenvalue weighted by Gasteiger charge is 2.36. The fourth-order valence-electron chi connectivity index (χ4n) is 3.16. The summed E-state index contributed by atoms with van der Waals surface area (Å²) in [6.45, 7) is 0.514. The van der Waals surface area contributed by atoms with Gasteiger partial charge in [0, 0.05) is 6.54 Å². The van der Waals surface area contributed by atoms with E-state index in [9.17, 15) is 14.4 Å². The van der Waals surface area contributed by atoms with E-state index in [0.717, 1.165) is 24.6 Å². The quantitative estimate of drug-likeness (QED) is 0.835. The number of carbonyl (C=O) groups excluding carboxylic acids is 2. The molecule has 2 fully saturated rings. The third-order valence-corrected chi connectivity index (χ3v) is 5.40. The molecule has 2 aliphatic rings. The van der Waals surface area contributed by atoms with E-state index in [0.29, 0.717) is 22.9 Å². The van der Waals surface area contributed by atoms with Crippen LogP contribution in [0.4, 0.5) is 4.79 Å². The van der Waals surface area contributed by atoms with Gasteiger partial charge in [-0.1, -0.05) is 31.4 Å². The number of aromatic carboxylic acids is 1. The van der Waals surface area contributed by atoms with Crippen LogP contribution in [0.2, 0.25) is 0 Å². The molecule has 0 radical (unpaired) electrons. The minimum absolute atomic E-state index is 0.192. The maximum absolute atomic E-state index is 12.5. The Morgan fingerprint density at radius 2 is 1.83 bits per heavy atom. The lowest BCUT2D eigenvalue weighted by atomic mass is 9.89. The lowest BCUT2D eigenvalue weighted by molar-refractivity contribution is -0.123. The number of rotatable bonds is 4. The molecule has 1 saturated heterocycles. The maximum Gasteiger partial charge on any atom is 0.335 e. The van der Waals surface area contributed by atoms with Crippen LogP contribution in [0.15, 0.2) is 29.2 Å². The van der Waals surface area contributed by atoms with Crippen molar-refractivity contribution in [3.8, 4) is 0 Å². The normalized spacial score (nSPS) is 20.8. The number of carboxylic acids is 1. The zero-order valence-corrected chi connectivity index (χ0v) is 14.1. The van der Waals surface area contributed by atoms with Crippen LogP contribution >= 0.6 is 11.8 Å². The Balaban J connectivity index is 1.71. The van der Waals surface area contributed by atoms with Crippen molar-refractivity contribution < 1.29 is 19.5 Å². The smallest absolute Gasteiger partial charge is 0.335 e. The average molecular weight is 345 g/mol. The largest absolute Gasteiger partial charge is 0.478 e. The summed E-state index contributed by atoms with van der Waals surface area (Å²) >= 11 is 0.958. The van der Waals surface area contributed by atoms with Crippen LogP contribution in [0, 0.1) is 5.92 Å². The number of carbonyl (C=O) groups is 3. The van der Waals surface area contributed by atoms with Crippen molar-refractivity contribution in [2.75, 3.05) is 6.54 Å². The monoisotopic (exact) mass is 345 g/mol. The average Bonchev–Trinajstić information content (AvgIpc) is 2.84. The molecule has 2 amide bonds. The van der Waals surface area contributed by atoms with E-state index < -0.39 is 5.97 Å². The molecule has 1 aliphatic heterocycles. The van der Waals surface area contributed by atoms with Gasteiger partial charge in [0.05, 0.1) is 10.5 Å². The van der Waals surface area contributed by atoms with Gasteiger partial charge in [0.15, 0.2) is 0 Å². The Bertz CT molecular complexity index is 689. The van der Waals surface area contributed by atoms with E-state index in [1.165, 1.54) is 36.3 Å². The van der Waals surface area contributed by atoms with Crippen LogP contribution in [0.1, 0.15) is 48.0 Å². The molecule has 1 saturated carbocycles. The predicted molar refractivity (Wildman–Crippen MR) is 92.7 cm³/mol. The topological polar surface area (TPSA) is 74.7 Å². The summed E-state index contributed by atoms with van der Waals surface area (Å²) in [6, 6.07) is 6.25. The van der Waals surface area contributed by atoms with E-state index in [1.807, 2.05) is 0 Å². The van der Waals surface area contributed by atoms with E-state index in [2.05, 4.69) is 0 Å². The minimum atomic E-state index is -0.991. The van der Waals surface area contributed by atoms with Gasteiger partial charge in [-0.05, 0) is 54.3 Å². The molecule has 3 rings (SSSR count). The van der Waals surface area contributed by atoms with E-state index in [-0.39, 0.29) is 16.7 Å². The summed E-state index contributed by atoms with van der Waals surface area (Å²) in [5.41, 5.74) is 0.903. The molecule has 6 heteroatoms. The molecule has 5 nitrogen and oxygen atoms in total. The van der Waals surface area contributed by atoms with Gasteiger partial charge in [-0.3, -0.25) is 14.5 Å². The third kappa shape index (κ3) is 3.70. The molecule has 1 N–H and O–H groups in total. The zero-order valence-electron chi connectivity index (χ0n) is 13.2. The first-order valence-corrected chi connectivity index (χ1v) is 8.95. The Hall–Kier alpha value is -2.08. The molecule has 126 valence electrons. The van der Waals surface area contributed by atoms with Crippen LogP contribution in [0.3, 0.4) is 0 Å². The van der Waals surface area contributed by atoms with Gasteiger partial charge in [-0.15, -0.1) is 0 Å². The predicted octanol–water partition coefficient (Wildman–Crippen LogP) is 4.00. The first-order valence-electron chi connectivity index (χ1n) is 8.13. The van der Waals surface area contributed by atoms with Gasteiger partial charge in [0.2, 0.25) is 0 Å². The Kier molecular flexibility index (Phi) is 5.04. The minimum Gasteiger partial charge on any atom is -0.478 e. The fraction of sp³-hybridized carbons (Fsp3) is 0.389. The van der Waals surface area contributed by atoms with E-state index in [4.69, 9.17) is 5.11 Å². The van der Waals surface area contributed by atoms with Gasteiger partial charge in [-0.2, -0.15) is 0 Å². The summed E-state index contributed by atoms with van der Waals surface area (Å²) in [5.74, 6) is -0.811. The SMILES string of the molecule is O=C(O)c1ccc(/C=C2/SC(=O)N(CC3CCCCC3)C2=O)cc1. The molecule has 0 aromatic heterocycles. The standard InChI is InChI=1S/C18H19NO4S/c20-16-15(10-12-6-8-14(9-7-12)17(21)22)24-18(23)19(16)11-13-4-2-1-3-5-13/h6-10,13H,1-5,11H2,(H,21,22)/b15-10+. The van der Waals surface area contributed by atoms with Gasteiger partial charge in [-0.25, -0.2) is 4.79 Å². The van der Waals surface area contributed by atoms with Crippen molar-refractivity contribution in [2.24, 2.45) is 5.92 Å². The van der Waals surface area contributed by atoms with Crippen LogP contribution in [-0.2, 0) is 4.79 Å². The Labute approximate surface area is 144 Å². The summed E-state index contributed by atoms with van der Waals surface area (Å²) in [4.78, 5) is 37.3. The molecule has 1 aromatic carbocycles. The number of hydrogen-bond acceptors (Lipinski definition) is 4. The molecular formula is C18H19NO4S. The van der Waals surface area contributed by atoms with Crippen molar-refractivity contribution in [3.05, 3.63) is 40.3 Å². The van der Waals surface area contributed by atoms with Crippen molar-refractivity contribution in [1.29, 1.82) is 0 Å². The van der Waals surface area contributed by atoms with Crippen molar-refractivity contribution in [3.63, 3.8) is 0 Å². The summed E-state index contributed by atoms with van der Waals surface area (Å²) < 4.78 is 0. The van der Waals surface area contributed by atoms with Gasteiger partial charge in [0.1, 0.15) is 0 Å². The van der Waals surface area contributed by atoms with Gasteiger partial charge >= 0.3 is 5.97 Å². The number of thioether (sulfide) groups is 1. The van der Waals surface area contributed by atoms with Crippen LogP contribution < -0.4 is 0 Å². The second-order valence-corrected chi connectivity index (χ2v) is 7.22. The van der Waals surface area contributed by atoms with E-state index in [1.54, 1.807) is 18.2 Å². The molecular weight excluding hydrogens is 326 g/mol. The fourth-order valence-corrected chi connectivity index (χ4v) is 4.01. The number of amides is 2. The molecule has 0 spiro atoms. The Morgan fingerprint density at radius 3 is 2.46 bits per heavy atom. The highest BCUT2D eigenvalue weighted by Crippen LogP contribution is 2.34. The van der Waals surface area contributed by atoms with Gasteiger partial charge in [0.25, 0.3) is 11.1 Å². The molecule has 1 aliphatic carbocycles. The second kappa shape index (κ2) is 7.21. The van der Waals surface area contributed by atoms with Gasteiger partial charge < -0.3 is 5.11 Å². The van der Waals surface area contributed by atoms with Crippen LogP contribution in [0.25, 0.3) is 6.08 Å². The molecule has 24 heavy (non-hydrogen) atoms. The number of imide groups is 1. The van der Waals surface area contributed by atoms with Crippen molar-refractivity contribution in [1.82, 2.24) is 4.90 Å². The molecule has 1 aromatic rings. The molecule has 0 bridgehead atoms.